The van der Waals surface area contributed by atoms with Gasteiger partial charge in [-0.15, -0.1) is 24.8 Å². The number of aliphatic hydroxyl groups excluding tert-OH is 1. The summed E-state index contributed by atoms with van der Waals surface area (Å²) in [7, 11) is 0. The Bertz CT molecular complexity index is 472. The van der Waals surface area contributed by atoms with Gasteiger partial charge in [0.05, 0.1) is 6.10 Å². The van der Waals surface area contributed by atoms with Crippen LogP contribution in [-0.4, -0.2) is 30.3 Å². The fourth-order valence-electron chi connectivity index (χ4n) is 3.73. The molecule has 6 heteroatoms. The predicted molar refractivity (Wildman–Crippen MR) is 96.0 cm³/mol. The summed E-state index contributed by atoms with van der Waals surface area (Å²) >= 11 is 0. The first kappa shape index (κ1) is 20.7. The fourth-order valence-corrected chi connectivity index (χ4v) is 3.73. The highest BCUT2D eigenvalue weighted by Gasteiger charge is 2.31. The van der Waals surface area contributed by atoms with E-state index in [-0.39, 0.29) is 36.7 Å². The number of rotatable bonds is 4. The van der Waals surface area contributed by atoms with Gasteiger partial charge in [-0.3, -0.25) is 0 Å². The summed E-state index contributed by atoms with van der Waals surface area (Å²) in [6.45, 7) is 2.26. The van der Waals surface area contributed by atoms with Crippen LogP contribution in [0.25, 0.3) is 0 Å². The van der Waals surface area contributed by atoms with Crippen molar-refractivity contribution < 1.29 is 9.50 Å². The van der Waals surface area contributed by atoms with Gasteiger partial charge in [-0.1, -0.05) is 12.1 Å². The van der Waals surface area contributed by atoms with E-state index in [1.807, 2.05) is 0 Å². The molecular formula is C17H27Cl2FN2O. The average Bonchev–Trinajstić information content (AvgIpc) is 2.96. The van der Waals surface area contributed by atoms with Crippen LogP contribution in [0.3, 0.4) is 0 Å². The molecule has 3 N–H and O–H groups in total. The maximum Gasteiger partial charge on any atom is 0.123 e. The van der Waals surface area contributed by atoms with Gasteiger partial charge in [0.2, 0.25) is 0 Å². The quantitative estimate of drug-likeness (QED) is 0.768. The van der Waals surface area contributed by atoms with Crippen LogP contribution in [0.2, 0.25) is 0 Å². The average molecular weight is 365 g/mol. The molecule has 3 nitrogen and oxygen atoms in total. The molecular weight excluding hydrogens is 338 g/mol. The molecule has 0 amide bonds. The Morgan fingerprint density at radius 2 is 1.87 bits per heavy atom. The number of hydrogen-bond acceptors (Lipinski definition) is 3. The van der Waals surface area contributed by atoms with Crippen molar-refractivity contribution in [2.75, 3.05) is 13.1 Å². The third-order valence-electron chi connectivity index (χ3n) is 4.92. The molecule has 0 radical (unpaired) electrons. The van der Waals surface area contributed by atoms with Crippen molar-refractivity contribution in [1.29, 1.82) is 0 Å². The fraction of sp³-hybridized carbons (Fsp3) is 0.647. The molecule has 23 heavy (non-hydrogen) atoms. The van der Waals surface area contributed by atoms with Gasteiger partial charge in [-0.05, 0) is 68.8 Å². The topological polar surface area (TPSA) is 44.3 Å². The molecule has 2 fully saturated rings. The summed E-state index contributed by atoms with van der Waals surface area (Å²) in [5.74, 6) is 0.518. The molecule has 3 atom stereocenters. The SMILES string of the molecule is Cl.Cl.O[C@@H](c1cccc(F)c1)[C@H]1CC[C@@H](CC2CCNCC2)N1. The van der Waals surface area contributed by atoms with Gasteiger partial charge in [0.15, 0.2) is 0 Å². The first-order chi connectivity index (χ1) is 10.2. The third-order valence-corrected chi connectivity index (χ3v) is 4.92. The van der Waals surface area contributed by atoms with Crippen LogP contribution in [0, 0.1) is 11.7 Å². The number of aliphatic hydroxyl groups is 1. The van der Waals surface area contributed by atoms with Crippen LogP contribution in [0.1, 0.15) is 43.8 Å². The third kappa shape index (κ3) is 5.57. The highest BCUT2D eigenvalue weighted by atomic mass is 35.5. The summed E-state index contributed by atoms with van der Waals surface area (Å²) in [5.41, 5.74) is 0.676. The van der Waals surface area contributed by atoms with E-state index >= 15 is 0 Å². The van der Waals surface area contributed by atoms with Crippen molar-refractivity contribution in [3.63, 3.8) is 0 Å². The second-order valence-electron chi connectivity index (χ2n) is 6.48. The number of piperidine rings is 1. The van der Waals surface area contributed by atoms with Gasteiger partial charge in [0, 0.05) is 12.1 Å². The Hall–Kier alpha value is -0.390. The lowest BCUT2D eigenvalue weighted by Gasteiger charge is -2.26. The first-order valence-electron chi connectivity index (χ1n) is 8.12. The Balaban J connectivity index is 0.00000132. The zero-order valence-corrected chi connectivity index (χ0v) is 14.8. The van der Waals surface area contributed by atoms with Crippen LogP contribution < -0.4 is 10.6 Å². The molecule has 0 spiro atoms. The van der Waals surface area contributed by atoms with Crippen molar-refractivity contribution in [1.82, 2.24) is 10.6 Å². The van der Waals surface area contributed by atoms with Crippen molar-refractivity contribution in [2.24, 2.45) is 5.92 Å². The van der Waals surface area contributed by atoms with Crippen LogP contribution in [0.15, 0.2) is 24.3 Å². The van der Waals surface area contributed by atoms with Gasteiger partial charge in [-0.2, -0.15) is 0 Å². The Morgan fingerprint density at radius 3 is 2.57 bits per heavy atom. The largest absolute Gasteiger partial charge is 0.387 e. The van der Waals surface area contributed by atoms with Crippen molar-refractivity contribution in [3.05, 3.63) is 35.6 Å². The smallest absolute Gasteiger partial charge is 0.123 e. The van der Waals surface area contributed by atoms with Crippen LogP contribution >= 0.6 is 24.8 Å². The van der Waals surface area contributed by atoms with E-state index in [2.05, 4.69) is 10.6 Å². The predicted octanol–water partition coefficient (Wildman–Crippen LogP) is 3.21. The molecule has 0 saturated carbocycles. The molecule has 132 valence electrons. The molecule has 3 rings (SSSR count). The molecule has 2 aliphatic rings. The zero-order chi connectivity index (χ0) is 14.7. The van der Waals surface area contributed by atoms with E-state index in [4.69, 9.17) is 0 Å². The molecule has 2 heterocycles. The number of nitrogens with one attached hydrogen (secondary N) is 2. The summed E-state index contributed by atoms with van der Waals surface area (Å²) in [6.07, 6.45) is 5.19. The summed E-state index contributed by atoms with van der Waals surface area (Å²) < 4.78 is 13.3. The Morgan fingerprint density at radius 1 is 1.13 bits per heavy atom. The van der Waals surface area contributed by atoms with E-state index in [0.717, 1.165) is 31.8 Å². The first-order valence-corrected chi connectivity index (χ1v) is 8.12. The minimum Gasteiger partial charge on any atom is -0.387 e. The van der Waals surface area contributed by atoms with E-state index in [1.165, 1.54) is 31.4 Å². The van der Waals surface area contributed by atoms with E-state index in [1.54, 1.807) is 12.1 Å². The highest BCUT2D eigenvalue weighted by Crippen LogP contribution is 2.29. The highest BCUT2D eigenvalue weighted by molar-refractivity contribution is 5.85. The molecule has 1 aromatic carbocycles. The minimum absolute atomic E-state index is 0. The van der Waals surface area contributed by atoms with Crippen LogP contribution in [-0.2, 0) is 0 Å². The lowest BCUT2D eigenvalue weighted by molar-refractivity contribution is 0.133. The van der Waals surface area contributed by atoms with Gasteiger partial charge >= 0.3 is 0 Å². The maximum absolute atomic E-state index is 13.3. The number of halogens is 3. The van der Waals surface area contributed by atoms with Gasteiger partial charge in [0.25, 0.3) is 0 Å². The van der Waals surface area contributed by atoms with E-state index in [9.17, 15) is 9.50 Å². The number of hydrogen-bond donors (Lipinski definition) is 3. The molecule has 0 aromatic heterocycles. The van der Waals surface area contributed by atoms with Gasteiger partial charge in [-0.25, -0.2) is 4.39 Å². The van der Waals surface area contributed by atoms with Crippen molar-refractivity contribution >= 4 is 24.8 Å². The van der Waals surface area contributed by atoms with Crippen LogP contribution in [0.4, 0.5) is 4.39 Å². The maximum atomic E-state index is 13.3. The van der Waals surface area contributed by atoms with Crippen LogP contribution in [0.5, 0.6) is 0 Å². The van der Waals surface area contributed by atoms with Crippen molar-refractivity contribution in [3.8, 4) is 0 Å². The summed E-state index contributed by atoms with van der Waals surface area (Å²) in [5, 5.41) is 17.4. The molecule has 2 saturated heterocycles. The molecule has 2 aliphatic heterocycles. The monoisotopic (exact) mass is 364 g/mol. The van der Waals surface area contributed by atoms with E-state index < -0.39 is 6.10 Å². The molecule has 0 bridgehead atoms. The molecule has 0 aliphatic carbocycles. The standard InChI is InChI=1S/C17H25FN2O.2ClH/c18-14-3-1-2-13(11-14)17(21)16-5-4-15(20-16)10-12-6-8-19-9-7-12;;/h1-3,11-12,15-17,19-21H,4-10H2;2*1H/t15-,16+,17-;;/m0../s1. The molecule has 1 aromatic rings. The summed E-state index contributed by atoms with van der Waals surface area (Å²) in [4.78, 5) is 0. The molecule has 0 unspecified atom stereocenters. The zero-order valence-electron chi connectivity index (χ0n) is 13.2. The van der Waals surface area contributed by atoms with Crippen molar-refractivity contribution in [2.45, 2.75) is 50.3 Å². The normalized spacial score (nSPS) is 26.2. The lowest BCUT2D eigenvalue weighted by Crippen LogP contribution is -2.37. The second kappa shape index (κ2) is 9.80. The van der Waals surface area contributed by atoms with Gasteiger partial charge < -0.3 is 15.7 Å². The summed E-state index contributed by atoms with van der Waals surface area (Å²) in [6, 6.07) is 6.87. The Labute approximate surface area is 150 Å². The second-order valence-corrected chi connectivity index (χ2v) is 6.48. The Kier molecular flexibility index (Phi) is 8.80. The van der Waals surface area contributed by atoms with Gasteiger partial charge in [0.1, 0.15) is 5.82 Å². The van der Waals surface area contributed by atoms with E-state index in [0.29, 0.717) is 11.6 Å². The minimum atomic E-state index is -0.612. The lowest BCUT2D eigenvalue weighted by atomic mass is 9.90. The number of benzene rings is 1.